The number of nitrogen functional groups attached to an aromatic ring is 1. The molecule has 294 valence electrons. The molecule has 2 aliphatic rings. The first-order valence-electron chi connectivity index (χ1n) is 16.8. The fraction of sp³-hybridized carbons (Fsp3) is 0.108. The molecule has 2 aliphatic carbocycles. The highest BCUT2D eigenvalue weighted by atomic mass is 32.2. The quantitative estimate of drug-likeness (QED) is 0.0532. The molecule has 0 spiro atoms. The van der Waals surface area contributed by atoms with Crippen LogP contribution in [0.1, 0.15) is 27.8 Å². The van der Waals surface area contributed by atoms with Crippen molar-refractivity contribution in [3.8, 4) is 11.8 Å². The number of phenols is 1. The summed E-state index contributed by atoms with van der Waals surface area (Å²) in [6.07, 6.45) is 2.22. The third-order valence-electron chi connectivity index (χ3n) is 9.35. The van der Waals surface area contributed by atoms with Crippen molar-refractivity contribution in [1.82, 2.24) is 0 Å². The van der Waals surface area contributed by atoms with Gasteiger partial charge in [0.05, 0.1) is 49.9 Å². The van der Waals surface area contributed by atoms with Crippen molar-refractivity contribution in [1.29, 1.82) is 5.26 Å². The van der Waals surface area contributed by atoms with Crippen molar-refractivity contribution in [2.24, 2.45) is 30.7 Å². The van der Waals surface area contributed by atoms with Gasteiger partial charge in [-0.3, -0.25) is 13.7 Å². The molecule has 0 fully saturated rings. The number of hydrogen-bond donors (Lipinski definition) is 5. The highest BCUT2D eigenvalue weighted by Gasteiger charge is 2.27. The molecule has 0 atom stereocenters. The molecule has 18 nitrogen and oxygen atoms in total. The number of azo groups is 3. The van der Waals surface area contributed by atoms with E-state index in [1.165, 1.54) is 54.6 Å². The minimum absolute atomic E-state index is 0.0170. The normalized spacial score (nSPS) is 14.7. The Hall–Kier alpha value is -6.54. The summed E-state index contributed by atoms with van der Waals surface area (Å²) in [4.78, 5) is -1.32. The summed E-state index contributed by atoms with van der Waals surface area (Å²) in [6.45, 7) is 0. The van der Waals surface area contributed by atoms with E-state index in [1.807, 2.05) is 6.07 Å². The molecule has 6 N–H and O–H groups in total. The van der Waals surface area contributed by atoms with Gasteiger partial charge in [-0.2, -0.15) is 56.1 Å². The molecule has 21 heteroatoms. The van der Waals surface area contributed by atoms with Gasteiger partial charge < -0.3 is 10.8 Å². The van der Waals surface area contributed by atoms with Crippen LogP contribution in [0.4, 0.5) is 39.8 Å². The lowest BCUT2D eigenvalue weighted by Gasteiger charge is -2.18. The molecular weight excluding hydrogens is 813 g/mol. The van der Waals surface area contributed by atoms with Gasteiger partial charge in [-0.1, -0.05) is 24.3 Å². The summed E-state index contributed by atoms with van der Waals surface area (Å²) in [6, 6.07) is 19.7. The van der Waals surface area contributed by atoms with Gasteiger partial charge in [0.25, 0.3) is 30.4 Å². The van der Waals surface area contributed by atoms with E-state index in [0.717, 1.165) is 6.07 Å². The molecule has 0 bridgehead atoms. The molecule has 0 saturated carbocycles. The van der Waals surface area contributed by atoms with E-state index in [2.05, 4.69) is 30.7 Å². The third-order valence-corrected chi connectivity index (χ3v) is 12.2. The van der Waals surface area contributed by atoms with Gasteiger partial charge in [0, 0.05) is 23.9 Å². The van der Waals surface area contributed by atoms with Crippen LogP contribution >= 0.6 is 0 Å². The SMILES string of the molecule is N#Cc1cccc(N=Nc2ccc(N=Nc3c(S(=O)(=O)O)cc4ccc(N=Nc5ccc(N)c6c5CC=C(S(=O)(=O)O)C6)cc4c3O)c3c2CC=C(S(=O)(=O)O)C3)c1. The van der Waals surface area contributed by atoms with E-state index in [9.17, 15) is 49.3 Å². The van der Waals surface area contributed by atoms with E-state index in [-0.39, 0.29) is 63.2 Å². The standard InChI is InChI=1S/C37H28N8O10S3/c38-19-20-2-1-3-22(14-20)40-43-33-12-13-34(30-18-25(57(50,51)52)7-9-27(30)33)44-45-36-35(58(53,54)55)15-21-4-5-23(16-28(21)37(36)46)41-42-32-11-10-31(39)29-17-24(56(47,48)49)6-8-26(29)32/h1-7,10-16,46H,8-9,17-18,39H2,(H,47,48,49)(H,50,51,52)(H,53,54,55). The van der Waals surface area contributed by atoms with Crippen LogP contribution in [-0.2, 0) is 56.0 Å². The lowest BCUT2D eigenvalue weighted by Crippen LogP contribution is -2.13. The number of rotatable bonds is 9. The number of allylic oxidation sites excluding steroid dienone is 4. The van der Waals surface area contributed by atoms with Crippen molar-refractivity contribution < 1.29 is 44.0 Å². The molecular formula is C37H28N8O10S3. The number of nitrogens with two attached hydrogens (primary N) is 1. The van der Waals surface area contributed by atoms with Gasteiger partial charge in [0.1, 0.15) is 10.6 Å². The van der Waals surface area contributed by atoms with Crippen molar-refractivity contribution in [2.45, 2.75) is 30.6 Å². The van der Waals surface area contributed by atoms with Crippen LogP contribution in [0.2, 0.25) is 0 Å². The molecule has 5 aromatic carbocycles. The van der Waals surface area contributed by atoms with Gasteiger partial charge >= 0.3 is 0 Å². The Morgan fingerprint density at radius 1 is 0.603 bits per heavy atom. The summed E-state index contributed by atoms with van der Waals surface area (Å²) in [5, 5.41) is 46.1. The molecule has 0 radical (unpaired) electrons. The molecule has 5 aromatic rings. The Balaban J connectivity index is 1.27. The van der Waals surface area contributed by atoms with Crippen LogP contribution in [-0.4, -0.2) is 44.0 Å². The number of benzene rings is 5. The van der Waals surface area contributed by atoms with Crippen LogP contribution in [0.5, 0.6) is 5.75 Å². The summed E-state index contributed by atoms with van der Waals surface area (Å²) in [5.41, 5.74) is 9.05. The zero-order valence-electron chi connectivity index (χ0n) is 29.6. The van der Waals surface area contributed by atoms with E-state index < -0.39 is 46.7 Å². The van der Waals surface area contributed by atoms with Gasteiger partial charge in [0.2, 0.25) is 0 Å². The maximum atomic E-state index is 12.6. The summed E-state index contributed by atoms with van der Waals surface area (Å²) in [5.74, 6) is -0.712. The fourth-order valence-electron chi connectivity index (χ4n) is 6.48. The van der Waals surface area contributed by atoms with E-state index in [0.29, 0.717) is 45.0 Å². The number of nitriles is 1. The minimum Gasteiger partial charge on any atom is -0.505 e. The van der Waals surface area contributed by atoms with Crippen molar-refractivity contribution in [2.75, 3.05) is 5.73 Å². The van der Waals surface area contributed by atoms with E-state index in [1.54, 1.807) is 24.3 Å². The largest absolute Gasteiger partial charge is 0.505 e. The first-order chi connectivity index (χ1) is 27.4. The predicted octanol–water partition coefficient (Wildman–Crippen LogP) is 8.23. The molecule has 0 amide bonds. The zero-order chi connectivity index (χ0) is 41.6. The monoisotopic (exact) mass is 840 g/mol. The van der Waals surface area contributed by atoms with E-state index in [4.69, 9.17) is 5.73 Å². The lowest BCUT2D eigenvalue weighted by molar-refractivity contribution is 0.472. The second-order valence-corrected chi connectivity index (χ2v) is 17.3. The topological polar surface area (TPSA) is 307 Å². The highest BCUT2D eigenvalue weighted by molar-refractivity contribution is 7.90. The van der Waals surface area contributed by atoms with Crippen LogP contribution in [0, 0.1) is 11.3 Å². The first kappa shape index (κ1) is 39.7. The fourth-order valence-corrected chi connectivity index (χ4v) is 8.38. The van der Waals surface area contributed by atoms with Crippen LogP contribution in [0.15, 0.2) is 130 Å². The summed E-state index contributed by atoms with van der Waals surface area (Å²) >= 11 is 0. The Morgan fingerprint density at radius 3 is 1.76 bits per heavy atom. The second kappa shape index (κ2) is 15.1. The number of nitrogens with zero attached hydrogens (tertiary/aromatic N) is 7. The number of anilines is 1. The Kier molecular flexibility index (Phi) is 10.3. The summed E-state index contributed by atoms with van der Waals surface area (Å²) < 4.78 is 102. The van der Waals surface area contributed by atoms with Crippen molar-refractivity contribution >= 4 is 80.9 Å². The molecule has 0 aliphatic heterocycles. The van der Waals surface area contributed by atoms with Crippen LogP contribution in [0.25, 0.3) is 10.8 Å². The maximum absolute atomic E-state index is 12.6. The molecule has 0 saturated heterocycles. The molecule has 0 heterocycles. The number of fused-ring (bicyclic) bond motifs is 3. The third kappa shape index (κ3) is 8.14. The maximum Gasteiger partial charge on any atom is 0.296 e. The molecule has 58 heavy (non-hydrogen) atoms. The lowest BCUT2D eigenvalue weighted by atomic mass is 9.93. The van der Waals surface area contributed by atoms with Crippen molar-refractivity contribution in [3.05, 3.63) is 123 Å². The van der Waals surface area contributed by atoms with Gasteiger partial charge in [0.15, 0.2) is 5.75 Å². The average molecular weight is 841 g/mol. The number of hydrogen-bond acceptors (Lipinski definition) is 15. The zero-order valence-corrected chi connectivity index (χ0v) is 32.0. The van der Waals surface area contributed by atoms with Gasteiger partial charge in [-0.25, -0.2) is 0 Å². The Bertz CT molecular complexity index is 3140. The smallest absolute Gasteiger partial charge is 0.296 e. The van der Waals surface area contributed by atoms with Gasteiger partial charge in [-0.15, -0.1) is 5.11 Å². The van der Waals surface area contributed by atoms with E-state index >= 15 is 0 Å². The van der Waals surface area contributed by atoms with Crippen molar-refractivity contribution in [3.63, 3.8) is 0 Å². The molecule has 0 aromatic heterocycles. The predicted molar refractivity (Wildman–Crippen MR) is 210 cm³/mol. The Labute approximate surface area is 330 Å². The second-order valence-electron chi connectivity index (χ2n) is 13.0. The first-order valence-corrected chi connectivity index (χ1v) is 21.1. The number of aromatic hydroxyl groups is 1. The summed E-state index contributed by atoms with van der Waals surface area (Å²) in [7, 11) is -14.1. The number of phenolic OH excluding ortho intramolecular Hbond substituents is 1. The molecule has 0 unspecified atom stereocenters. The average Bonchev–Trinajstić information content (AvgIpc) is 3.18. The minimum atomic E-state index is -5.02. The van der Waals surface area contributed by atoms with Crippen LogP contribution in [0.3, 0.4) is 0 Å². The Morgan fingerprint density at radius 2 is 1.16 bits per heavy atom. The van der Waals surface area contributed by atoms with Crippen LogP contribution < -0.4 is 5.73 Å². The van der Waals surface area contributed by atoms with Gasteiger partial charge in [-0.05, 0) is 101 Å². The molecule has 7 rings (SSSR count). The highest BCUT2D eigenvalue weighted by Crippen LogP contribution is 2.44.